The van der Waals surface area contributed by atoms with Gasteiger partial charge in [-0.2, -0.15) is 0 Å². The maximum absolute atomic E-state index is 11.5. The molecule has 7 N–H and O–H groups in total. The van der Waals surface area contributed by atoms with Crippen molar-refractivity contribution < 1.29 is 24.3 Å². The van der Waals surface area contributed by atoms with Crippen LogP contribution in [0.25, 0.3) is 0 Å². The van der Waals surface area contributed by atoms with Gasteiger partial charge in [-0.15, -0.1) is 0 Å². The Hall–Kier alpha value is -2.32. The lowest BCUT2D eigenvalue weighted by Gasteiger charge is -2.25. The third kappa shape index (κ3) is 7.58. The monoisotopic (exact) mass is 274 g/mol. The van der Waals surface area contributed by atoms with Gasteiger partial charge in [-0.3, -0.25) is 9.59 Å². The highest BCUT2D eigenvalue weighted by Crippen LogP contribution is 2.07. The third-order valence-electron chi connectivity index (χ3n) is 2.08. The fourth-order valence-electron chi connectivity index (χ4n) is 1.38. The van der Waals surface area contributed by atoms with Crippen molar-refractivity contribution in [3.05, 3.63) is 0 Å². The lowest BCUT2D eigenvalue weighted by atomic mass is 10.0. The van der Waals surface area contributed by atoms with Crippen LogP contribution in [0.4, 0.5) is 4.79 Å². The van der Waals surface area contributed by atoms with Crippen LogP contribution in [0.1, 0.15) is 26.7 Å². The van der Waals surface area contributed by atoms with Gasteiger partial charge in [-0.05, 0) is 13.8 Å². The molecular formula is C10H18N4O5. The molecule has 0 aromatic rings. The van der Waals surface area contributed by atoms with E-state index in [0.29, 0.717) is 0 Å². The first-order valence-electron chi connectivity index (χ1n) is 5.41. The van der Waals surface area contributed by atoms with Crippen LogP contribution in [0.5, 0.6) is 0 Å². The van der Waals surface area contributed by atoms with E-state index in [0.717, 1.165) is 0 Å². The van der Waals surface area contributed by atoms with Crippen molar-refractivity contribution in [2.24, 2.45) is 11.5 Å². The Kier molecular flexibility index (Phi) is 5.77. The Morgan fingerprint density at radius 1 is 1.16 bits per heavy atom. The zero-order valence-corrected chi connectivity index (χ0v) is 10.7. The second-order valence-electron chi connectivity index (χ2n) is 4.69. The van der Waals surface area contributed by atoms with E-state index in [4.69, 9.17) is 16.6 Å². The summed E-state index contributed by atoms with van der Waals surface area (Å²) in [7, 11) is 0. The molecule has 0 aliphatic carbocycles. The topological polar surface area (TPSA) is 165 Å². The smallest absolute Gasteiger partial charge is 0.326 e. The number of carbonyl (C=O) groups excluding carboxylic acids is 3. The molecule has 9 heteroatoms. The number of carboxylic acid groups (broad SMARTS) is 1. The summed E-state index contributed by atoms with van der Waals surface area (Å²) in [6, 6.07) is -2.26. The highest BCUT2D eigenvalue weighted by Gasteiger charge is 2.26. The van der Waals surface area contributed by atoms with Crippen LogP contribution < -0.4 is 22.1 Å². The molecule has 19 heavy (non-hydrogen) atoms. The van der Waals surface area contributed by atoms with E-state index >= 15 is 0 Å². The summed E-state index contributed by atoms with van der Waals surface area (Å²) in [6.07, 6.45) is -0.646. The Morgan fingerprint density at radius 2 is 1.68 bits per heavy atom. The number of primary amides is 2. The van der Waals surface area contributed by atoms with Crippen molar-refractivity contribution in [2.45, 2.75) is 38.3 Å². The predicted octanol–water partition coefficient (Wildman–Crippen LogP) is -1.73. The van der Waals surface area contributed by atoms with E-state index in [1.165, 1.54) is 0 Å². The molecule has 108 valence electrons. The molecule has 9 nitrogen and oxygen atoms in total. The minimum absolute atomic E-state index is 0.117. The summed E-state index contributed by atoms with van der Waals surface area (Å²) in [5.41, 5.74) is 8.93. The second-order valence-corrected chi connectivity index (χ2v) is 4.69. The van der Waals surface area contributed by atoms with Gasteiger partial charge in [0, 0.05) is 12.0 Å². The molecule has 0 fully saturated rings. The average molecular weight is 274 g/mol. The summed E-state index contributed by atoms with van der Waals surface area (Å²) in [4.78, 5) is 43.8. The van der Waals surface area contributed by atoms with Crippen LogP contribution in [0, 0.1) is 0 Å². The Morgan fingerprint density at radius 3 is 2.05 bits per heavy atom. The van der Waals surface area contributed by atoms with Crippen LogP contribution in [-0.2, 0) is 14.4 Å². The normalized spacial score (nSPS) is 12.3. The van der Waals surface area contributed by atoms with Crippen molar-refractivity contribution in [3.8, 4) is 0 Å². The van der Waals surface area contributed by atoms with Crippen LogP contribution in [0.2, 0.25) is 0 Å². The number of rotatable bonds is 7. The predicted molar refractivity (Wildman–Crippen MR) is 64.8 cm³/mol. The van der Waals surface area contributed by atoms with Gasteiger partial charge in [0.2, 0.25) is 11.8 Å². The molecule has 1 atom stereocenters. The molecule has 0 aliphatic heterocycles. The first kappa shape index (κ1) is 16.7. The van der Waals surface area contributed by atoms with E-state index in [1.807, 2.05) is 0 Å². The third-order valence-corrected chi connectivity index (χ3v) is 2.08. The van der Waals surface area contributed by atoms with Crippen LogP contribution in [0.15, 0.2) is 0 Å². The molecule has 4 amide bonds. The van der Waals surface area contributed by atoms with Crippen molar-refractivity contribution >= 4 is 23.8 Å². The van der Waals surface area contributed by atoms with Gasteiger partial charge in [0.25, 0.3) is 0 Å². The molecule has 0 aliphatic rings. The first-order chi connectivity index (χ1) is 8.53. The van der Waals surface area contributed by atoms with Crippen molar-refractivity contribution in [3.63, 3.8) is 0 Å². The standard InChI is InChI=1S/C10H18N4O5/c1-10(2,4-7(12)16)14-9(19)13-5(8(17)18)3-6(11)15/h5H,3-4H2,1-2H3,(H2,11,15)(H2,12,16)(H,17,18)(H2,13,14,19). The zero-order valence-electron chi connectivity index (χ0n) is 10.7. The minimum Gasteiger partial charge on any atom is -0.480 e. The lowest BCUT2D eigenvalue weighted by Crippen LogP contribution is -2.54. The number of carbonyl (C=O) groups is 4. The number of hydrogen-bond donors (Lipinski definition) is 5. The van der Waals surface area contributed by atoms with Gasteiger partial charge < -0.3 is 27.2 Å². The van der Waals surface area contributed by atoms with Crippen molar-refractivity contribution in [2.75, 3.05) is 0 Å². The van der Waals surface area contributed by atoms with E-state index in [9.17, 15) is 19.2 Å². The Labute approximate surface area is 109 Å². The molecular weight excluding hydrogens is 256 g/mol. The first-order valence-corrected chi connectivity index (χ1v) is 5.41. The maximum atomic E-state index is 11.5. The number of nitrogens with two attached hydrogens (primary N) is 2. The second kappa shape index (κ2) is 6.57. The number of carboxylic acids is 1. The summed E-state index contributed by atoms with van der Waals surface area (Å²) in [5.74, 6) is -2.86. The fourth-order valence-corrected chi connectivity index (χ4v) is 1.38. The number of amides is 4. The quantitative estimate of drug-likeness (QED) is 0.371. The van der Waals surface area contributed by atoms with Crippen molar-refractivity contribution in [1.82, 2.24) is 10.6 Å². The number of urea groups is 1. The van der Waals surface area contributed by atoms with E-state index in [-0.39, 0.29) is 6.42 Å². The van der Waals surface area contributed by atoms with Crippen LogP contribution in [0.3, 0.4) is 0 Å². The number of hydrogen-bond acceptors (Lipinski definition) is 4. The molecule has 0 spiro atoms. The van der Waals surface area contributed by atoms with Gasteiger partial charge >= 0.3 is 12.0 Å². The maximum Gasteiger partial charge on any atom is 0.326 e. The molecule has 0 radical (unpaired) electrons. The molecule has 0 saturated heterocycles. The molecule has 1 unspecified atom stereocenters. The zero-order chi connectivity index (χ0) is 15.2. The van der Waals surface area contributed by atoms with Gasteiger partial charge in [0.05, 0.1) is 6.42 Å². The fraction of sp³-hybridized carbons (Fsp3) is 0.600. The highest BCUT2D eigenvalue weighted by atomic mass is 16.4. The van der Waals surface area contributed by atoms with Gasteiger partial charge in [-0.25, -0.2) is 9.59 Å². The molecule has 0 saturated carbocycles. The largest absolute Gasteiger partial charge is 0.480 e. The van der Waals surface area contributed by atoms with Gasteiger partial charge in [-0.1, -0.05) is 0 Å². The van der Waals surface area contributed by atoms with Crippen LogP contribution >= 0.6 is 0 Å². The summed E-state index contributed by atoms with van der Waals surface area (Å²) in [5, 5.41) is 13.2. The average Bonchev–Trinajstić information content (AvgIpc) is 2.11. The van der Waals surface area contributed by atoms with E-state index in [1.54, 1.807) is 13.8 Å². The van der Waals surface area contributed by atoms with Crippen LogP contribution in [-0.4, -0.2) is 40.5 Å². The van der Waals surface area contributed by atoms with Gasteiger partial charge in [0.1, 0.15) is 6.04 Å². The molecule has 0 bridgehead atoms. The minimum atomic E-state index is -1.43. The summed E-state index contributed by atoms with van der Waals surface area (Å²) in [6.45, 7) is 3.09. The van der Waals surface area contributed by atoms with Crippen molar-refractivity contribution in [1.29, 1.82) is 0 Å². The molecule has 0 rings (SSSR count). The molecule has 0 aromatic heterocycles. The molecule has 0 aromatic carbocycles. The Balaban J connectivity index is 4.53. The van der Waals surface area contributed by atoms with E-state index < -0.39 is 41.8 Å². The Bertz CT molecular complexity index is 393. The lowest BCUT2D eigenvalue weighted by molar-refractivity contribution is -0.140. The molecule has 0 heterocycles. The highest BCUT2D eigenvalue weighted by molar-refractivity contribution is 5.88. The SMILES string of the molecule is CC(C)(CC(N)=O)NC(=O)NC(CC(N)=O)C(=O)O. The summed E-state index contributed by atoms with van der Waals surface area (Å²) >= 11 is 0. The summed E-state index contributed by atoms with van der Waals surface area (Å²) < 4.78 is 0. The number of aliphatic carboxylic acids is 1. The van der Waals surface area contributed by atoms with Gasteiger partial charge in [0.15, 0.2) is 0 Å². The number of nitrogens with one attached hydrogen (secondary N) is 2. The van der Waals surface area contributed by atoms with E-state index in [2.05, 4.69) is 10.6 Å².